The minimum atomic E-state index is -2.39. The van der Waals surface area contributed by atoms with Gasteiger partial charge in [-0.05, 0) is 24.8 Å². The summed E-state index contributed by atoms with van der Waals surface area (Å²) >= 11 is 17.3. The molecule has 1 aromatic rings. The van der Waals surface area contributed by atoms with Crippen LogP contribution in [0.1, 0.15) is 19.4 Å². The van der Waals surface area contributed by atoms with E-state index >= 15 is 0 Å². The molecule has 0 aliphatic heterocycles. The Kier molecular flexibility index (Phi) is 5.91. The number of hydrogen-bond acceptors (Lipinski definition) is 4. The third-order valence-corrected chi connectivity index (χ3v) is 5.92. The Balaban J connectivity index is 3.09. The zero-order chi connectivity index (χ0) is 13.8. The normalized spacial score (nSPS) is 13.7. The van der Waals surface area contributed by atoms with E-state index in [0.29, 0.717) is 29.1 Å². The standard InChI is InChI=1S/C11H12Cl2NO2PS/c1-3-15-17(18,4-2)16-11-6-9(12)8(7-14)5-10(11)13/h5-6H,3-4H2,1-2H3. The molecule has 0 bridgehead atoms. The van der Waals surface area contributed by atoms with E-state index in [2.05, 4.69) is 0 Å². The topological polar surface area (TPSA) is 42.2 Å². The summed E-state index contributed by atoms with van der Waals surface area (Å²) in [6.07, 6.45) is 0.587. The Morgan fingerprint density at radius 1 is 1.33 bits per heavy atom. The molecule has 0 N–H and O–H groups in total. The van der Waals surface area contributed by atoms with E-state index in [4.69, 9.17) is 49.3 Å². The molecular formula is C11H12Cl2NO2PS. The van der Waals surface area contributed by atoms with Gasteiger partial charge in [0.25, 0.3) is 0 Å². The van der Waals surface area contributed by atoms with E-state index in [1.165, 1.54) is 12.1 Å². The molecule has 0 fully saturated rings. The zero-order valence-corrected chi connectivity index (χ0v) is 13.2. The van der Waals surface area contributed by atoms with Gasteiger partial charge in [0.05, 0.1) is 22.2 Å². The minimum absolute atomic E-state index is 0.283. The van der Waals surface area contributed by atoms with Gasteiger partial charge in [0.1, 0.15) is 11.8 Å². The molecule has 1 aromatic carbocycles. The Labute approximate surface area is 122 Å². The maximum atomic E-state index is 8.82. The molecule has 1 unspecified atom stereocenters. The summed E-state index contributed by atoms with van der Waals surface area (Å²) in [5.41, 5.74) is 0.301. The second kappa shape index (κ2) is 6.75. The van der Waals surface area contributed by atoms with Gasteiger partial charge in [0.15, 0.2) is 0 Å². The van der Waals surface area contributed by atoms with Crippen molar-refractivity contribution in [1.29, 1.82) is 5.26 Å². The Bertz CT molecular complexity index is 531. The fourth-order valence-corrected chi connectivity index (χ4v) is 3.43. The lowest BCUT2D eigenvalue weighted by atomic mass is 10.2. The van der Waals surface area contributed by atoms with Crippen molar-refractivity contribution < 1.29 is 9.05 Å². The molecular weight excluding hydrogens is 312 g/mol. The second-order valence-corrected chi connectivity index (χ2v) is 8.09. The summed E-state index contributed by atoms with van der Waals surface area (Å²) in [4.78, 5) is 0. The van der Waals surface area contributed by atoms with Crippen LogP contribution < -0.4 is 4.52 Å². The first-order chi connectivity index (χ1) is 8.45. The maximum absolute atomic E-state index is 8.82. The summed E-state index contributed by atoms with van der Waals surface area (Å²) in [6, 6.07) is 4.90. The van der Waals surface area contributed by atoms with Crippen molar-refractivity contribution in [2.24, 2.45) is 0 Å². The second-order valence-electron chi connectivity index (χ2n) is 3.31. The van der Waals surface area contributed by atoms with Crippen LogP contribution >= 0.6 is 29.7 Å². The highest BCUT2D eigenvalue weighted by atomic mass is 35.5. The molecule has 0 saturated heterocycles. The molecule has 1 atom stereocenters. The average Bonchev–Trinajstić information content (AvgIpc) is 2.33. The van der Waals surface area contributed by atoms with Crippen LogP contribution in [0.15, 0.2) is 12.1 Å². The van der Waals surface area contributed by atoms with Gasteiger partial charge >= 0.3 is 0 Å². The Morgan fingerprint density at radius 3 is 2.50 bits per heavy atom. The molecule has 0 amide bonds. The van der Waals surface area contributed by atoms with Crippen molar-refractivity contribution in [3.63, 3.8) is 0 Å². The molecule has 3 nitrogen and oxygen atoms in total. The summed E-state index contributed by atoms with van der Waals surface area (Å²) in [7, 11) is 0. The first kappa shape index (κ1) is 15.8. The maximum Gasteiger partial charge on any atom is 0.237 e. The molecule has 0 radical (unpaired) electrons. The highest BCUT2D eigenvalue weighted by Crippen LogP contribution is 2.50. The lowest BCUT2D eigenvalue weighted by molar-refractivity contribution is 0.332. The number of nitrogens with zero attached hydrogens (tertiary/aromatic N) is 1. The van der Waals surface area contributed by atoms with Gasteiger partial charge in [0, 0.05) is 12.2 Å². The first-order valence-corrected chi connectivity index (χ1v) is 8.86. The van der Waals surface area contributed by atoms with Crippen LogP contribution in [-0.2, 0) is 16.3 Å². The van der Waals surface area contributed by atoms with E-state index in [1.54, 1.807) is 0 Å². The van der Waals surface area contributed by atoms with Crippen LogP contribution in [0.25, 0.3) is 0 Å². The van der Waals surface area contributed by atoms with E-state index < -0.39 is 6.49 Å². The predicted octanol–water partition coefficient (Wildman–Crippen LogP) is 4.61. The number of benzene rings is 1. The van der Waals surface area contributed by atoms with Gasteiger partial charge in [0.2, 0.25) is 6.49 Å². The molecule has 0 saturated carbocycles. The van der Waals surface area contributed by atoms with E-state index in [0.717, 1.165) is 0 Å². The van der Waals surface area contributed by atoms with Gasteiger partial charge in [-0.3, -0.25) is 0 Å². The van der Waals surface area contributed by atoms with Crippen LogP contribution in [0.5, 0.6) is 5.75 Å². The van der Waals surface area contributed by atoms with Crippen molar-refractivity contribution in [3.8, 4) is 11.8 Å². The number of hydrogen-bond donors (Lipinski definition) is 0. The van der Waals surface area contributed by atoms with Gasteiger partial charge in [-0.2, -0.15) is 5.26 Å². The van der Waals surface area contributed by atoms with Crippen molar-refractivity contribution in [2.75, 3.05) is 12.8 Å². The Hall–Kier alpha value is -0.300. The van der Waals surface area contributed by atoms with Crippen LogP contribution in [0.3, 0.4) is 0 Å². The lowest BCUT2D eigenvalue weighted by Gasteiger charge is -2.21. The van der Waals surface area contributed by atoms with Gasteiger partial charge in [-0.15, -0.1) is 0 Å². The zero-order valence-electron chi connectivity index (χ0n) is 9.94. The molecule has 0 heterocycles. The van der Waals surface area contributed by atoms with Crippen molar-refractivity contribution in [2.45, 2.75) is 13.8 Å². The molecule has 1 rings (SSSR count). The van der Waals surface area contributed by atoms with Crippen molar-refractivity contribution >= 4 is 41.5 Å². The summed E-state index contributed by atoms with van der Waals surface area (Å²) in [5, 5.41) is 9.41. The molecule has 98 valence electrons. The van der Waals surface area contributed by atoms with Gasteiger partial charge < -0.3 is 9.05 Å². The van der Waals surface area contributed by atoms with Gasteiger partial charge in [-0.1, -0.05) is 30.1 Å². The molecule has 7 heteroatoms. The molecule has 0 aliphatic carbocycles. The van der Waals surface area contributed by atoms with Crippen LogP contribution in [-0.4, -0.2) is 12.8 Å². The third kappa shape index (κ3) is 3.85. The number of halogens is 2. The Morgan fingerprint density at radius 2 is 2.00 bits per heavy atom. The van der Waals surface area contributed by atoms with E-state index in [1.807, 2.05) is 19.9 Å². The minimum Gasteiger partial charge on any atom is -0.442 e. The van der Waals surface area contributed by atoms with Crippen molar-refractivity contribution in [3.05, 3.63) is 27.7 Å². The fourth-order valence-electron chi connectivity index (χ4n) is 1.21. The average molecular weight is 324 g/mol. The first-order valence-electron chi connectivity index (χ1n) is 5.28. The summed E-state index contributed by atoms with van der Waals surface area (Å²) in [6.45, 7) is 1.85. The number of nitriles is 1. The highest BCUT2D eigenvalue weighted by Gasteiger charge is 2.20. The summed E-state index contributed by atoms with van der Waals surface area (Å²) in [5.74, 6) is 0.360. The largest absolute Gasteiger partial charge is 0.442 e. The molecule has 0 aliphatic rings. The van der Waals surface area contributed by atoms with Crippen LogP contribution in [0.4, 0.5) is 0 Å². The van der Waals surface area contributed by atoms with E-state index in [9.17, 15) is 0 Å². The smallest absolute Gasteiger partial charge is 0.237 e. The van der Waals surface area contributed by atoms with Crippen LogP contribution in [0.2, 0.25) is 10.0 Å². The fraction of sp³-hybridized carbons (Fsp3) is 0.364. The monoisotopic (exact) mass is 323 g/mol. The predicted molar refractivity (Wildman–Crippen MR) is 78.3 cm³/mol. The quantitative estimate of drug-likeness (QED) is 0.742. The molecule has 18 heavy (non-hydrogen) atoms. The number of rotatable bonds is 5. The highest BCUT2D eigenvalue weighted by molar-refractivity contribution is 8.10. The molecule has 0 aromatic heterocycles. The van der Waals surface area contributed by atoms with Crippen molar-refractivity contribution in [1.82, 2.24) is 0 Å². The van der Waals surface area contributed by atoms with Gasteiger partial charge in [-0.25, -0.2) is 0 Å². The lowest BCUT2D eigenvalue weighted by Crippen LogP contribution is -2.00. The summed E-state index contributed by atoms with van der Waals surface area (Å²) < 4.78 is 11.2. The van der Waals surface area contributed by atoms with E-state index in [-0.39, 0.29) is 5.02 Å². The SMILES string of the molecule is CCOP(=S)(CC)Oc1cc(Cl)c(C#N)cc1Cl. The molecule has 0 spiro atoms. The van der Waals surface area contributed by atoms with Crippen LogP contribution in [0, 0.1) is 11.3 Å². The third-order valence-electron chi connectivity index (χ3n) is 2.09.